The maximum absolute atomic E-state index is 12.7. The van der Waals surface area contributed by atoms with Gasteiger partial charge in [0.2, 0.25) is 15.9 Å². The molecule has 1 aliphatic heterocycles. The third-order valence-corrected chi connectivity index (χ3v) is 7.40. The van der Waals surface area contributed by atoms with Gasteiger partial charge in [0.1, 0.15) is 0 Å². The van der Waals surface area contributed by atoms with Crippen LogP contribution in [0.4, 0.5) is 0 Å². The molecule has 0 spiro atoms. The van der Waals surface area contributed by atoms with E-state index in [2.05, 4.69) is 22.3 Å². The second-order valence-electron chi connectivity index (χ2n) is 7.63. The summed E-state index contributed by atoms with van der Waals surface area (Å²) < 4.78 is 26.9. The van der Waals surface area contributed by atoms with Gasteiger partial charge in [0.25, 0.3) is 0 Å². The summed E-state index contributed by atoms with van der Waals surface area (Å²) in [6.07, 6.45) is 1.08. The summed E-state index contributed by atoms with van der Waals surface area (Å²) in [6.45, 7) is 1.26. The summed E-state index contributed by atoms with van der Waals surface area (Å²) in [6, 6.07) is 18.7. The minimum absolute atomic E-state index is 0.00420. The average molecular weight is 416 g/mol. The third-order valence-electron chi connectivity index (χ3n) is 5.48. The highest BCUT2D eigenvalue weighted by Crippen LogP contribution is 2.24. The Hall–Kier alpha value is -2.22. The lowest BCUT2D eigenvalue weighted by Crippen LogP contribution is -2.44. The molecule has 2 aromatic rings. The zero-order chi connectivity index (χ0) is 20.9. The first-order valence-corrected chi connectivity index (χ1v) is 11.4. The van der Waals surface area contributed by atoms with Crippen LogP contribution in [0.3, 0.4) is 0 Å². The standard InChI is InChI=1S/C22H29N3O3S/c1-24(2)21(18-9-5-3-6-10-18)17-23-22(26)19-13-15-25(16-14-19)29(27,28)20-11-7-4-8-12-20/h3-12,19,21H,13-17H2,1-2H3,(H,23,26)/t21-/m0/s1. The molecule has 3 rings (SSSR count). The van der Waals surface area contributed by atoms with Crippen molar-refractivity contribution in [1.29, 1.82) is 0 Å². The zero-order valence-corrected chi connectivity index (χ0v) is 17.8. The van der Waals surface area contributed by atoms with Crippen LogP contribution in [0, 0.1) is 5.92 Å². The summed E-state index contributed by atoms with van der Waals surface area (Å²) >= 11 is 0. The van der Waals surface area contributed by atoms with Crippen LogP contribution in [-0.2, 0) is 14.8 Å². The predicted molar refractivity (Wildman–Crippen MR) is 114 cm³/mol. The zero-order valence-electron chi connectivity index (χ0n) is 17.0. The molecule has 0 radical (unpaired) electrons. The van der Waals surface area contributed by atoms with Crippen LogP contribution in [0.2, 0.25) is 0 Å². The molecule has 0 saturated carbocycles. The molecule has 1 saturated heterocycles. The topological polar surface area (TPSA) is 69.7 Å². The molecule has 29 heavy (non-hydrogen) atoms. The SMILES string of the molecule is CN(C)[C@@H](CNC(=O)C1CCN(S(=O)(=O)c2ccccc2)CC1)c1ccccc1. The molecule has 1 fully saturated rings. The fourth-order valence-corrected chi connectivity index (χ4v) is 5.21. The van der Waals surface area contributed by atoms with Crippen molar-refractivity contribution in [2.45, 2.75) is 23.8 Å². The van der Waals surface area contributed by atoms with E-state index in [-0.39, 0.29) is 17.9 Å². The lowest BCUT2D eigenvalue weighted by molar-refractivity contribution is -0.126. The molecular weight excluding hydrogens is 386 g/mol. The van der Waals surface area contributed by atoms with Crippen molar-refractivity contribution in [3.05, 3.63) is 66.2 Å². The number of carbonyl (C=O) groups is 1. The van der Waals surface area contributed by atoms with Crippen LogP contribution in [0.15, 0.2) is 65.6 Å². The van der Waals surface area contributed by atoms with Gasteiger partial charge >= 0.3 is 0 Å². The Morgan fingerprint density at radius 1 is 1.03 bits per heavy atom. The Kier molecular flexibility index (Phi) is 7.05. The first-order valence-electron chi connectivity index (χ1n) is 9.94. The van der Waals surface area contributed by atoms with E-state index in [1.165, 1.54) is 4.31 Å². The van der Waals surface area contributed by atoms with E-state index in [9.17, 15) is 13.2 Å². The third kappa shape index (κ3) is 5.23. The number of nitrogens with one attached hydrogen (secondary N) is 1. The summed E-state index contributed by atoms with van der Waals surface area (Å²) in [5, 5.41) is 3.07. The van der Waals surface area contributed by atoms with Gasteiger partial charge in [0.05, 0.1) is 10.9 Å². The van der Waals surface area contributed by atoms with Crippen LogP contribution >= 0.6 is 0 Å². The minimum Gasteiger partial charge on any atom is -0.354 e. The number of likely N-dealkylation sites (N-methyl/N-ethyl adjacent to an activating group) is 1. The molecule has 6 nitrogen and oxygen atoms in total. The van der Waals surface area contributed by atoms with Crippen LogP contribution in [0.25, 0.3) is 0 Å². The monoisotopic (exact) mass is 415 g/mol. The lowest BCUT2D eigenvalue weighted by atomic mass is 9.97. The van der Waals surface area contributed by atoms with Gasteiger partial charge in [0, 0.05) is 25.6 Å². The molecule has 1 amide bonds. The maximum Gasteiger partial charge on any atom is 0.243 e. The summed E-state index contributed by atoms with van der Waals surface area (Å²) in [5.41, 5.74) is 1.15. The molecule has 0 unspecified atom stereocenters. The van der Waals surface area contributed by atoms with Gasteiger partial charge in [-0.25, -0.2) is 8.42 Å². The molecule has 1 N–H and O–H groups in total. The van der Waals surface area contributed by atoms with Crippen molar-refractivity contribution in [2.75, 3.05) is 33.7 Å². The van der Waals surface area contributed by atoms with Gasteiger partial charge in [0.15, 0.2) is 0 Å². The number of piperidine rings is 1. The molecule has 7 heteroatoms. The molecule has 0 aliphatic carbocycles. The first kappa shape index (κ1) is 21.5. The minimum atomic E-state index is -3.49. The van der Waals surface area contributed by atoms with Crippen LogP contribution in [0.1, 0.15) is 24.4 Å². The van der Waals surface area contributed by atoms with Gasteiger partial charge < -0.3 is 10.2 Å². The molecule has 0 bridgehead atoms. The number of amides is 1. The maximum atomic E-state index is 12.7. The number of sulfonamides is 1. The molecule has 2 aromatic carbocycles. The van der Waals surface area contributed by atoms with Crippen LogP contribution < -0.4 is 5.32 Å². The van der Waals surface area contributed by atoms with Gasteiger partial charge in [-0.05, 0) is 44.6 Å². The molecule has 156 valence electrons. The Balaban J connectivity index is 1.55. The van der Waals surface area contributed by atoms with Crippen molar-refractivity contribution < 1.29 is 13.2 Å². The fraction of sp³-hybridized carbons (Fsp3) is 0.409. The summed E-state index contributed by atoms with van der Waals surface area (Å²) in [7, 11) is 0.504. The van der Waals surface area contributed by atoms with Crippen molar-refractivity contribution in [3.63, 3.8) is 0 Å². The second-order valence-corrected chi connectivity index (χ2v) is 9.56. The van der Waals surface area contributed by atoms with Crippen LogP contribution in [0.5, 0.6) is 0 Å². The normalized spacial score (nSPS) is 17.2. The van der Waals surface area contributed by atoms with E-state index in [0.29, 0.717) is 37.4 Å². The number of benzene rings is 2. The van der Waals surface area contributed by atoms with Crippen molar-refractivity contribution in [2.24, 2.45) is 5.92 Å². The number of rotatable bonds is 7. The fourth-order valence-electron chi connectivity index (χ4n) is 3.72. The van der Waals surface area contributed by atoms with Gasteiger partial charge in [-0.3, -0.25) is 4.79 Å². The lowest BCUT2D eigenvalue weighted by Gasteiger charge is -2.31. The van der Waals surface area contributed by atoms with Crippen molar-refractivity contribution in [3.8, 4) is 0 Å². The van der Waals surface area contributed by atoms with E-state index < -0.39 is 10.0 Å². The Morgan fingerprint density at radius 2 is 1.59 bits per heavy atom. The number of hydrogen-bond acceptors (Lipinski definition) is 4. The smallest absolute Gasteiger partial charge is 0.243 e. The van der Waals surface area contributed by atoms with Crippen molar-refractivity contribution >= 4 is 15.9 Å². The Bertz CT molecular complexity index is 893. The van der Waals surface area contributed by atoms with E-state index in [4.69, 9.17) is 0 Å². The van der Waals surface area contributed by atoms with E-state index in [0.717, 1.165) is 5.56 Å². The number of carbonyl (C=O) groups excluding carboxylic acids is 1. The highest BCUT2D eigenvalue weighted by Gasteiger charge is 2.32. The molecular formula is C22H29N3O3S. The first-order chi connectivity index (χ1) is 13.9. The average Bonchev–Trinajstić information content (AvgIpc) is 2.75. The van der Waals surface area contributed by atoms with Gasteiger partial charge in [-0.1, -0.05) is 48.5 Å². The highest BCUT2D eigenvalue weighted by atomic mass is 32.2. The Labute approximate surface area is 173 Å². The molecule has 0 aromatic heterocycles. The second kappa shape index (κ2) is 9.52. The summed E-state index contributed by atoms with van der Waals surface area (Å²) in [4.78, 5) is 15.1. The van der Waals surface area contributed by atoms with Gasteiger partial charge in [-0.15, -0.1) is 0 Å². The Morgan fingerprint density at radius 3 is 2.14 bits per heavy atom. The highest BCUT2D eigenvalue weighted by molar-refractivity contribution is 7.89. The van der Waals surface area contributed by atoms with Gasteiger partial charge in [-0.2, -0.15) is 4.31 Å². The summed E-state index contributed by atoms with van der Waals surface area (Å²) in [5.74, 6) is -0.152. The number of nitrogens with zero attached hydrogens (tertiary/aromatic N) is 2. The number of hydrogen-bond donors (Lipinski definition) is 1. The largest absolute Gasteiger partial charge is 0.354 e. The van der Waals surface area contributed by atoms with E-state index in [1.54, 1.807) is 30.3 Å². The van der Waals surface area contributed by atoms with E-state index >= 15 is 0 Å². The quantitative estimate of drug-likeness (QED) is 0.754. The van der Waals surface area contributed by atoms with Crippen LogP contribution in [-0.4, -0.2) is 57.3 Å². The molecule has 1 heterocycles. The molecule has 1 atom stereocenters. The molecule has 1 aliphatic rings. The van der Waals surface area contributed by atoms with Crippen molar-refractivity contribution in [1.82, 2.24) is 14.5 Å². The predicted octanol–water partition coefficient (Wildman–Crippen LogP) is 2.51. The van der Waals surface area contributed by atoms with E-state index in [1.807, 2.05) is 32.3 Å².